The van der Waals surface area contributed by atoms with Gasteiger partial charge in [0.1, 0.15) is 4.32 Å². The number of ether oxygens (including phenoxy) is 1. The number of aliphatic carboxylic acids is 1. The zero-order valence-corrected chi connectivity index (χ0v) is 15.3. The molecule has 0 unspecified atom stereocenters. The fourth-order valence-corrected chi connectivity index (χ4v) is 3.58. The number of carboxylic acids is 1. The molecule has 1 aliphatic rings. The normalized spacial score (nSPS) is 15.9. The number of thiocarbonyl (C=S) groups is 1. The van der Waals surface area contributed by atoms with Gasteiger partial charge in [-0.25, -0.2) is 0 Å². The number of rotatable bonds is 8. The Morgan fingerprint density at radius 1 is 1.44 bits per heavy atom. The van der Waals surface area contributed by atoms with E-state index in [4.69, 9.17) is 17.0 Å². The Morgan fingerprint density at radius 2 is 2.20 bits per heavy atom. The summed E-state index contributed by atoms with van der Waals surface area (Å²) < 4.78 is 5.79. The first-order valence-corrected chi connectivity index (χ1v) is 9.06. The van der Waals surface area contributed by atoms with Crippen molar-refractivity contribution in [2.45, 2.75) is 26.2 Å². The van der Waals surface area contributed by atoms with Gasteiger partial charge in [-0.1, -0.05) is 30.0 Å². The highest BCUT2D eigenvalue weighted by molar-refractivity contribution is 8.26. The molecule has 0 bridgehead atoms. The molecule has 1 N–H and O–H groups in total. The van der Waals surface area contributed by atoms with Crippen LogP contribution in [0.2, 0.25) is 0 Å². The maximum atomic E-state index is 12.5. The van der Waals surface area contributed by atoms with E-state index in [0.29, 0.717) is 41.0 Å². The molecule has 0 aliphatic carbocycles. The quantitative estimate of drug-likeness (QED) is 0.418. The SMILES string of the molecule is CCOc1cc(/C=C2\SC(=S)N(CCCCC(=O)[O-])C2=O)ccc1O. The topological polar surface area (TPSA) is 89.9 Å². The molecule has 0 aromatic heterocycles. The van der Waals surface area contributed by atoms with Gasteiger partial charge in [-0.05, 0) is 50.0 Å². The van der Waals surface area contributed by atoms with Gasteiger partial charge in [-0.15, -0.1) is 0 Å². The standard InChI is InChI=1S/C17H19NO5S2/c1-2-23-13-9-11(6-7-12(13)19)10-14-16(22)18(17(24)25-14)8-4-3-5-15(20)21/h6-7,9-10,19H,2-5,8H2,1H3,(H,20,21)/p-1/b14-10-. The van der Waals surface area contributed by atoms with Gasteiger partial charge in [0.2, 0.25) is 0 Å². The van der Waals surface area contributed by atoms with E-state index in [2.05, 4.69) is 0 Å². The van der Waals surface area contributed by atoms with Gasteiger partial charge in [0, 0.05) is 12.5 Å². The summed E-state index contributed by atoms with van der Waals surface area (Å²) in [6.07, 6.45) is 2.65. The predicted molar refractivity (Wildman–Crippen MR) is 98.0 cm³/mol. The fraction of sp³-hybridized carbons (Fsp3) is 0.353. The number of benzene rings is 1. The highest BCUT2D eigenvalue weighted by atomic mass is 32.2. The highest BCUT2D eigenvalue weighted by Crippen LogP contribution is 2.34. The van der Waals surface area contributed by atoms with Crippen molar-refractivity contribution in [3.05, 3.63) is 28.7 Å². The van der Waals surface area contributed by atoms with Crippen LogP contribution in [0, 0.1) is 0 Å². The lowest BCUT2D eigenvalue weighted by atomic mass is 10.2. The van der Waals surface area contributed by atoms with E-state index in [1.165, 1.54) is 22.7 Å². The summed E-state index contributed by atoms with van der Waals surface area (Å²) in [6, 6.07) is 4.85. The van der Waals surface area contributed by atoms with E-state index in [1.807, 2.05) is 6.92 Å². The first-order chi connectivity index (χ1) is 11.9. The minimum absolute atomic E-state index is 0.0294. The van der Waals surface area contributed by atoms with Crippen molar-refractivity contribution in [1.29, 1.82) is 0 Å². The van der Waals surface area contributed by atoms with Crippen molar-refractivity contribution in [3.8, 4) is 11.5 Å². The average molecular weight is 380 g/mol. The summed E-state index contributed by atoms with van der Waals surface area (Å²) in [7, 11) is 0. The Morgan fingerprint density at radius 3 is 2.88 bits per heavy atom. The maximum absolute atomic E-state index is 12.5. The molecule has 1 aliphatic heterocycles. The molecule has 25 heavy (non-hydrogen) atoms. The number of aromatic hydroxyl groups is 1. The summed E-state index contributed by atoms with van der Waals surface area (Å²) in [5, 5.41) is 20.1. The number of carbonyl (C=O) groups excluding carboxylic acids is 2. The Labute approximate surface area is 155 Å². The number of nitrogens with zero attached hydrogens (tertiary/aromatic N) is 1. The first kappa shape index (κ1) is 19.3. The van der Waals surface area contributed by atoms with Crippen molar-refractivity contribution < 1.29 is 24.5 Å². The van der Waals surface area contributed by atoms with Crippen molar-refractivity contribution >= 4 is 46.3 Å². The van der Waals surface area contributed by atoms with Crippen LogP contribution in [0.5, 0.6) is 11.5 Å². The minimum atomic E-state index is -1.09. The number of unbranched alkanes of at least 4 members (excludes halogenated alkanes) is 1. The lowest BCUT2D eigenvalue weighted by Crippen LogP contribution is -2.29. The van der Waals surface area contributed by atoms with Crippen LogP contribution in [0.25, 0.3) is 6.08 Å². The predicted octanol–water partition coefficient (Wildman–Crippen LogP) is 1.91. The molecule has 0 saturated carbocycles. The van der Waals surface area contributed by atoms with Crippen LogP contribution in [0.15, 0.2) is 23.1 Å². The van der Waals surface area contributed by atoms with E-state index in [1.54, 1.807) is 18.2 Å². The molecule has 8 heteroatoms. The molecular formula is C17H18NO5S2-. The van der Waals surface area contributed by atoms with Crippen molar-refractivity contribution in [2.75, 3.05) is 13.2 Å². The molecule has 0 radical (unpaired) electrons. The number of carboxylic acid groups (broad SMARTS) is 1. The third kappa shape index (κ3) is 5.20. The van der Waals surface area contributed by atoms with Crippen LogP contribution in [0.4, 0.5) is 0 Å². The molecule has 0 spiro atoms. The number of thioether (sulfide) groups is 1. The summed E-state index contributed by atoms with van der Waals surface area (Å²) in [6.45, 7) is 2.62. The Balaban J connectivity index is 2.06. The van der Waals surface area contributed by atoms with Crippen LogP contribution in [0.1, 0.15) is 31.7 Å². The van der Waals surface area contributed by atoms with Gasteiger partial charge in [0.05, 0.1) is 11.5 Å². The number of hydrogen-bond donors (Lipinski definition) is 1. The molecule has 0 atom stereocenters. The molecule has 1 saturated heterocycles. The smallest absolute Gasteiger partial charge is 0.266 e. The van der Waals surface area contributed by atoms with Gasteiger partial charge in [-0.3, -0.25) is 9.69 Å². The summed E-state index contributed by atoms with van der Waals surface area (Å²) in [5.74, 6) is -0.898. The van der Waals surface area contributed by atoms with Crippen LogP contribution in [0.3, 0.4) is 0 Å². The molecule has 1 heterocycles. The van der Waals surface area contributed by atoms with Crippen LogP contribution < -0.4 is 9.84 Å². The molecule has 6 nitrogen and oxygen atoms in total. The largest absolute Gasteiger partial charge is 0.550 e. The van der Waals surface area contributed by atoms with E-state index >= 15 is 0 Å². The Kier molecular flexibility index (Phi) is 6.83. The summed E-state index contributed by atoms with van der Waals surface area (Å²) in [4.78, 5) is 24.8. The Bertz CT molecular complexity index is 717. The summed E-state index contributed by atoms with van der Waals surface area (Å²) >= 11 is 6.44. The number of hydrogen-bond acceptors (Lipinski definition) is 7. The fourth-order valence-electron chi connectivity index (χ4n) is 2.28. The zero-order chi connectivity index (χ0) is 18.4. The van der Waals surface area contributed by atoms with Crippen molar-refractivity contribution in [2.24, 2.45) is 0 Å². The number of carbonyl (C=O) groups is 2. The molecule has 1 fully saturated rings. The molecule has 1 aromatic rings. The molecular weight excluding hydrogens is 362 g/mol. The van der Waals surface area contributed by atoms with E-state index in [9.17, 15) is 19.8 Å². The second-order valence-corrected chi connectivity index (χ2v) is 7.00. The van der Waals surface area contributed by atoms with Crippen molar-refractivity contribution in [1.82, 2.24) is 4.90 Å². The van der Waals surface area contributed by atoms with Crippen molar-refractivity contribution in [3.63, 3.8) is 0 Å². The third-order valence-electron chi connectivity index (χ3n) is 3.47. The van der Waals surface area contributed by atoms with Crippen LogP contribution >= 0.6 is 24.0 Å². The average Bonchev–Trinajstić information content (AvgIpc) is 2.81. The van der Waals surface area contributed by atoms with Crippen LogP contribution in [-0.2, 0) is 9.59 Å². The first-order valence-electron chi connectivity index (χ1n) is 7.83. The second kappa shape index (κ2) is 8.87. The molecule has 1 aromatic carbocycles. The van der Waals surface area contributed by atoms with E-state index in [-0.39, 0.29) is 18.1 Å². The minimum Gasteiger partial charge on any atom is -0.550 e. The van der Waals surface area contributed by atoms with Gasteiger partial charge in [0.25, 0.3) is 5.91 Å². The van der Waals surface area contributed by atoms with Gasteiger partial charge in [0.15, 0.2) is 11.5 Å². The van der Waals surface area contributed by atoms with Crippen LogP contribution in [-0.4, -0.2) is 39.4 Å². The molecule has 1 amide bonds. The van der Waals surface area contributed by atoms with Gasteiger partial charge in [-0.2, -0.15) is 0 Å². The monoisotopic (exact) mass is 380 g/mol. The Hall–Kier alpha value is -2.06. The maximum Gasteiger partial charge on any atom is 0.266 e. The number of amides is 1. The third-order valence-corrected chi connectivity index (χ3v) is 4.85. The highest BCUT2D eigenvalue weighted by Gasteiger charge is 2.31. The molecule has 134 valence electrons. The molecule has 2 rings (SSSR count). The number of phenols is 1. The lowest BCUT2D eigenvalue weighted by molar-refractivity contribution is -0.305. The summed E-state index contributed by atoms with van der Waals surface area (Å²) in [5.41, 5.74) is 0.721. The van der Waals surface area contributed by atoms with E-state index in [0.717, 1.165) is 5.56 Å². The van der Waals surface area contributed by atoms with Gasteiger partial charge < -0.3 is 19.7 Å². The van der Waals surface area contributed by atoms with Gasteiger partial charge >= 0.3 is 0 Å². The second-order valence-electron chi connectivity index (χ2n) is 5.32. The number of phenolic OH excluding ortho intramolecular Hbond substituents is 1. The lowest BCUT2D eigenvalue weighted by Gasteiger charge is -2.14. The zero-order valence-electron chi connectivity index (χ0n) is 13.7. The van der Waals surface area contributed by atoms with E-state index < -0.39 is 5.97 Å².